The minimum atomic E-state index is -0.236. The zero-order valence-electron chi connectivity index (χ0n) is 15.6. The Hall–Kier alpha value is -1.99. The van der Waals surface area contributed by atoms with Gasteiger partial charge in [0.25, 0.3) is 0 Å². The SMILES string of the molecule is CCc1ccc(-c2nc(=S)n(CN(C)CC(=O)NC(C)(C)C)[nH]2)cc1. The van der Waals surface area contributed by atoms with Gasteiger partial charge < -0.3 is 5.32 Å². The van der Waals surface area contributed by atoms with Crippen molar-refractivity contribution in [2.75, 3.05) is 13.6 Å². The Kier molecular flexibility index (Phi) is 6.13. The maximum Gasteiger partial charge on any atom is 0.234 e. The highest BCUT2D eigenvalue weighted by Crippen LogP contribution is 2.16. The fourth-order valence-corrected chi connectivity index (χ4v) is 2.67. The van der Waals surface area contributed by atoms with Crippen LogP contribution in [-0.4, -0.2) is 44.7 Å². The lowest BCUT2D eigenvalue weighted by Gasteiger charge is -2.23. The van der Waals surface area contributed by atoms with Crippen molar-refractivity contribution in [1.82, 2.24) is 25.0 Å². The first-order valence-corrected chi connectivity index (χ1v) is 8.84. The minimum absolute atomic E-state index is 0.0172. The maximum absolute atomic E-state index is 12.0. The molecule has 7 heteroatoms. The van der Waals surface area contributed by atoms with Gasteiger partial charge in [-0.2, -0.15) is 4.98 Å². The Bertz CT molecular complexity index is 770. The van der Waals surface area contributed by atoms with E-state index in [2.05, 4.69) is 34.5 Å². The number of benzene rings is 1. The molecule has 1 amide bonds. The highest BCUT2D eigenvalue weighted by Gasteiger charge is 2.15. The second-order valence-electron chi connectivity index (χ2n) is 7.29. The molecule has 0 spiro atoms. The molecule has 1 heterocycles. The quantitative estimate of drug-likeness (QED) is 0.777. The van der Waals surface area contributed by atoms with Gasteiger partial charge in [0.1, 0.15) is 0 Å². The van der Waals surface area contributed by atoms with Crippen LogP contribution in [0.1, 0.15) is 33.3 Å². The zero-order chi connectivity index (χ0) is 18.6. The van der Waals surface area contributed by atoms with Gasteiger partial charge in [0.15, 0.2) is 5.82 Å². The van der Waals surface area contributed by atoms with Crippen molar-refractivity contribution in [3.8, 4) is 11.4 Å². The Balaban J connectivity index is 2.04. The van der Waals surface area contributed by atoms with E-state index in [1.807, 2.05) is 44.9 Å². The van der Waals surface area contributed by atoms with Gasteiger partial charge in [-0.25, -0.2) is 4.68 Å². The minimum Gasteiger partial charge on any atom is -0.350 e. The number of nitrogens with one attached hydrogen (secondary N) is 2. The summed E-state index contributed by atoms with van der Waals surface area (Å²) in [7, 11) is 1.88. The third-order valence-electron chi connectivity index (χ3n) is 3.63. The van der Waals surface area contributed by atoms with Gasteiger partial charge in [0.05, 0.1) is 13.2 Å². The number of carbonyl (C=O) groups excluding carboxylic acids is 1. The molecule has 0 unspecified atom stereocenters. The third kappa shape index (κ3) is 5.79. The van der Waals surface area contributed by atoms with Crippen molar-refractivity contribution >= 4 is 18.1 Å². The van der Waals surface area contributed by atoms with Crippen LogP contribution in [0.5, 0.6) is 0 Å². The molecule has 1 aromatic carbocycles. The molecule has 6 nitrogen and oxygen atoms in total. The number of hydrogen-bond donors (Lipinski definition) is 2. The van der Waals surface area contributed by atoms with Crippen molar-refractivity contribution in [3.63, 3.8) is 0 Å². The number of rotatable bonds is 6. The molecule has 0 fully saturated rings. The van der Waals surface area contributed by atoms with E-state index in [9.17, 15) is 4.79 Å². The van der Waals surface area contributed by atoms with E-state index in [1.165, 1.54) is 5.56 Å². The number of aryl methyl sites for hydroxylation is 1. The summed E-state index contributed by atoms with van der Waals surface area (Å²) in [4.78, 5) is 18.3. The number of carbonyl (C=O) groups is 1. The predicted molar refractivity (Wildman–Crippen MR) is 103 cm³/mol. The Morgan fingerprint density at radius 2 is 1.96 bits per heavy atom. The second kappa shape index (κ2) is 7.93. The van der Waals surface area contributed by atoms with Crippen LogP contribution in [0.25, 0.3) is 11.4 Å². The smallest absolute Gasteiger partial charge is 0.234 e. The molecule has 0 aliphatic carbocycles. The normalized spacial score (nSPS) is 11.8. The number of H-pyrrole nitrogens is 1. The first-order valence-electron chi connectivity index (χ1n) is 8.43. The molecule has 0 aliphatic heterocycles. The molecule has 0 aliphatic rings. The van der Waals surface area contributed by atoms with Gasteiger partial charge >= 0.3 is 0 Å². The number of nitrogens with zero attached hydrogens (tertiary/aromatic N) is 3. The van der Waals surface area contributed by atoms with Crippen LogP contribution in [0.4, 0.5) is 0 Å². The monoisotopic (exact) mass is 361 g/mol. The van der Waals surface area contributed by atoms with E-state index >= 15 is 0 Å². The fraction of sp³-hybridized carbons (Fsp3) is 0.500. The van der Waals surface area contributed by atoms with Gasteiger partial charge in [-0.1, -0.05) is 31.2 Å². The fourth-order valence-electron chi connectivity index (χ4n) is 2.47. The van der Waals surface area contributed by atoms with Crippen LogP contribution >= 0.6 is 12.2 Å². The summed E-state index contributed by atoms with van der Waals surface area (Å²) >= 11 is 5.33. The van der Waals surface area contributed by atoms with E-state index in [0.29, 0.717) is 18.0 Å². The molecular weight excluding hydrogens is 334 g/mol. The summed E-state index contributed by atoms with van der Waals surface area (Å²) in [5, 5.41) is 6.17. The van der Waals surface area contributed by atoms with Crippen LogP contribution in [-0.2, 0) is 17.9 Å². The van der Waals surface area contributed by atoms with Crippen molar-refractivity contribution in [2.24, 2.45) is 0 Å². The van der Waals surface area contributed by atoms with E-state index in [1.54, 1.807) is 4.68 Å². The molecule has 0 atom stereocenters. The highest BCUT2D eigenvalue weighted by molar-refractivity contribution is 7.71. The Labute approximate surface area is 154 Å². The Morgan fingerprint density at radius 3 is 2.52 bits per heavy atom. The molecule has 0 saturated heterocycles. The lowest BCUT2D eigenvalue weighted by Crippen LogP contribution is -2.45. The zero-order valence-corrected chi connectivity index (χ0v) is 16.4. The average Bonchev–Trinajstić information content (AvgIpc) is 2.86. The maximum atomic E-state index is 12.0. The van der Waals surface area contributed by atoms with E-state index in [0.717, 1.165) is 17.8 Å². The van der Waals surface area contributed by atoms with Crippen molar-refractivity contribution in [2.45, 2.75) is 46.3 Å². The molecule has 0 saturated carbocycles. The number of amides is 1. The summed E-state index contributed by atoms with van der Waals surface area (Å²) in [6.07, 6.45) is 1.01. The first kappa shape index (κ1) is 19.3. The molecule has 25 heavy (non-hydrogen) atoms. The number of hydrogen-bond acceptors (Lipinski definition) is 4. The molecule has 2 rings (SSSR count). The van der Waals surface area contributed by atoms with E-state index in [-0.39, 0.29) is 11.4 Å². The summed E-state index contributed by atoms with van der Waals surface area (Å²) in [5.41, 5.74) is 2.04. The topological polar surface area (TPSA) is 66.0 Å². The van der Waals surface area contributed by atoms with Gasteiger partial charge in [-0.15, -0.1) is 0 Å². The van der Waals surface area contributed by atoms with Crippen molar-refractivity contribution in [3.05, 3.63) is 34.6 Å². The lowest BCUT2D eigenvalue weighted by atomic mass is 10.1. The number of aromatic amines is 1. The molecular formula is C18H27N5OS. The number of aromatic nitrogens is 3. The molecule has 136 valence electrons. The number of likely N-dealkylation sites (N-methyl/N-ethyl adjacent to an activating group) is 1. The van der Waals surface area contributed by atoms with Crippen LogP contribution in [0.15, 0.2) is 24.3 Å². The van der Waals surface area contributed by atoms with Gasteiger partial charge in [-0.05, 0) is 52.0 Å². The first-order chi connectivity index (χ1) is 11.7. The van der Waals surface area contributed by atoms with Crippen molar-refractivity contribution < 1.29 is 4.79 Å². The Morgan fingerprint density at radius 1 is 1.32 bits per heavy atom. The summed E-state index contributed by atoms with van der Waals surface area (Å²) in [5.74, 6) is 0.719. The second-order valence-corrected chi connectivity index (χ2v) is 7.65. The van der Waals surface area contributed by atoms with Gasteiger partial charge in [-0.3, -0.25) is 14.8 Å². The largest absolute Gasteiger partial charge is 0.350 e. The third-order valence-corrected chi connectivity index (χ3v) is 3.94. The van der Waals surface area contributed by atoms with Crippen LogP contribution < -0.4 is 5.32 Å². The molecule has 0 radical (unpaired) electrons. The molecule has 2 aromatic rings. The van der Waals surface area contributed by atoms with Gasteiger partial charge in [0.2, 0.25) is 10.7 Å². The van der Waals surface area contributed by atoms with E-state index in [4.69, 9.17) is 12.2 Å². The van der Waals surface area contributed by atoms with Crippen LogP contribution in [0.3, 0.4) is 0 Å². The van der Waals surface area contributed by atoms with Crippen molar-refractivity contribution in [1.29, 1.82) is 0 Å². The van der Waals surface area contributed by atoms with E-state index < -0.39 is 0 Å². The lowest BCUT2D eigenvalue weighted by molar-refractivity contribution is -0.123. The average molecular weight is 362 g/mol. The predicted octanol–water partition coefficient (Wildman–Crippen LogP) is 2.97. The molecule has 1 aromatic heterocycles. The van der Waals surface area contributed by atoms with Crippen LogP contribution in [0, 0.1) is 4.77 Å². The molecule has 2 N–H and O–H groups in total. The van der Waals surface area contributed by atoms with Crippen LogP contribution in [0.2, 0.25) is 0 Å². The molecule has 0 bridgehead atoms. The summed E-state index contributed by atoms with van der Waals surface area (Å²) in [6.45, 7) is 8.78. The summed E-state index contributed by atoms with van der Waals surface area (Å²) < 4.78 is 2.24. The highest BCUT2D eigenvalue weighted by atomic mass is 32.1. The van der Waals surface area contributed by atoms with Gasteiger partial charge in [0, 0.05) is 11.1 Å². The summed E-state index contributed by atoms with van der Waals surface area (Å²) in [6, 6.07) is 8.26. The standard InChI is InChI=1S/C18H27N5OS/c1-6-13-7-9-14(10-8-13)16-19-17(25)23(21-16)12-22(5)11-15(24)20-18(2,3)4/h7-10H,6,11-12H2,1-5H3,(H,20,24)(H,19,21,25).